The lowest BCUT2D eigenvalue weighted by molar-refractivity contribution is -0.141. The van der Waals surface area contributed by atoms with E-state index in [1.165, 1.54) is 11.6 Å². The molecule has 0 fully saturated rings. The molecule has 2 rings (SSSR count). The Kier molecular flexibility index (Phi) is 5.92. The van der Waals surface area contributed by atoms with Crippen LogP contribution in [-0.4, -0.2) is 22.2 Å². The number of hydrogen-bond donors (Lipinski definition) is 1. The summed E-state index contributed by atoms with van der Waals surface area (Å²) in [7, 11) is 0. The molecule has 0 aliphatic carbocycles. The first-order chi connectivity index (χ1) is 11.2. The van der Waals surface area contributed by atoms with Crippen molar-refractivity contribution in [3.63, 3.8) is 0 Å². The molecule has 1 heterocycles. The maximum Gasteiger partial charge on any atom is 0.436 e. The van der Waals surface area contributed by atoms with Gasteiger partial charge in [-0.05, 0) is 41.4 Å². The summed E-state index contributed by atoms with van der Waals surface area (Å²) in [6.07, 6.45) is -4.16. The van der Waals surface area contributed by atoms with Gasteiger partial charge in [-0.3, -0.25) is 9.48 Å². The molecule has 0 radical (unpaired) electrons. The molecule has 24 heavy (non-hydrogen) atoms. The fourth-order valence-electron chi connectivity index (χ4n) is 2.09. The Labute approximate surface area is 150 Å². The van der Waals surface area contributed by atoms with Crippen molar-refractivity contribution in [2.75, 3.05) is 6.54 Å². The van der Waals surface area contributed by atoms with Crippen LogP contribution in [0.4, 0.5) is 13.2 Å². The first-order valence-electron chi connectivity index (χ1n) is 7.04. The van der Waals surface area contributed by atoms with Gasteiger partial charge in [0.05, 0.1) is 16.3 Å². The van der Waals surface area contributed by atoms with Crippen LogP contribution in [0.2, 0.25) is 5.02 Å². The van der Waals surface area contributed by atoms with Gasteiger partial charge in [0, 0.05) is 17.6 Å². The Balaban J connectivity index is 1.91. The van der Waals surface area contributed by atoms with E-state index >= 15 is 0 Å². The molecule has 0 aliphatic rings. The van der Waals surface area contributed by atoms with Gasteiger partial charge < -0.3 is 5.32 Å². The Morgan fingerprint density at radius 2 is 2.04 bits per heavy atom. The van der Waals surface area contributed by atoms with Gasteiger partial charge in [0.25, 0.3) is 5.91 Å². The van der Waals surface area contributed by atoms with E-state index in [2.05, 4.69) is 26.3 Å². The molecular weight excluding hydrogens is 411 g/mol. The monoisotopic (exact) mass is 423 g/mol. The molecule has 130 valence electrons. The van der Waals surface area contributed by atoms with Crippen molar-refractivity contribution in [2.24, 2.45) is 0 Å². The average molecular weight is 425 g/mol. The predicted molar refractivity (Wildman–Crippen MR) is 88.1 cm³/mol. The van der Waals surface area contributed by atoms with Gasteiger partial charge in [-0.15, -0.1) is 0 Å². The van der Waals surface area contributed by atoms with Crippen LogP contribution in [0.25, 0.3) is 0 Å². The zero-order valence-corrected chi connectivity index (χ0v) is 15.0. The van der Waals surface area contributed by atoms with E-state index < -0.39 is 11.9 Å². The number of aromatic nitrogens is 2. The molecule has 0 saturated heterocycles. The zero-order valence-electron chi connectivity index (χ0n) is 12.6. The number of amides is 1. The summed E-state index contributed by atoms with van der Waals surface area (Å²) in [6.45, 7) is 2.00. The van der Waals surface area contributed by atoms with E-state index in [0.29, 0.717) is 23.0 Å². The minimum absolute atomic E-state index is 0.220. The predicted octanol–water partition coefficient (Wildman–Crippen LogP) is 4.45. The second-order valence-corrected chi connectivity index (χ2v) is 6.29. The molecule has 0 bridgehead atoms. The third-order valence-corrected chi connectivity index (χ3v) is 4.50. The van der Waals surface area contributed by atoms with Crippen molar-refractivity contribution in [3.05, 3.63) is 50.7 Å². The number of alkyl halides is 3. The minimum atomic E-state index is -4.58. The van der Waals surface area contributed by atoms with E-state index in [1.54, 1.807) is 24.3 Å². The van der Waals surface area contributed by atoms with Gasteiger partial charge in [0.15, 0.2) is 5.69 Å². The lowest BCUT2D eigenvalue weighted by Gasteiger charge is -2.08. The van der Waals surface area contributed by atoms with E-state index in [4.69, 9.17) is 11.6 Å². The van der Waals surface area contributed by atoms with E-state index in [9.17, 15) is 18.0 Å². The van der Waals surface area contributed by atoms with Crippen LogP contribution >= 0.6 is 27.5 Å². The molecule has 0 atom stereocenters. The number of carbonyl (C=O) groups excluding carboxylic acids is 1. The van der Waals surface area contributed by atoms with Gasteiger partial charge in [0.2, 0.25) is 0 Å². The van der Waals surface area contributed by atoms with Crippen molar-refractivity contribution in [3.8, 4) is 0 Å². The van der Waals surface area contributed by atoms with Crippen LogP contribution in [0.3, 0.4) is 0 Å². The highest BCUT2D eigenvalue weighted by Crippen LogP contribution is 2.35. The second kappa shape index (κ2) is 7.57. The van der Waals surface area contributed by atoms with Gasteiger partial charge >= 0.3 is 6.18 Å². The molecule has 1 N–H and O–H groups in total. The first kappa shape index (κ1) is 18.8. The summed E-state index contributed by atoms with van der Waals surface area (Å²) in [4.78, 5) is 12.0. The molecule has 4 nitrogen and oxygen atoms in total. The highest BCUT2D eigenvalue weighted by molar-refractivity contribution is 9.10. The van der Waals surface area contributed by atoms with Crippen LogP contribution in [0.1, 0.15) is 28.2 Å². The fraction of sp³-hybridized carbons (Fsp3) is 0.333. The first-order valence-corrected chi connectivity index (χ1v) is 8.21. The number of halogens is 5. The Hall–Kier alpha value is -1.54. The van der Waals surface area contributed by atoms with Crippen molar-refractivity contribution < 1.29 is 18.0 Å². The van der Waals surface area contributed by atoms with Gasteiger partial charge in [-0.25, -0.2) is 0 Å². The standard InChI is InChI=1S/C15H14BrClF3N3O/c1-9-12(17)13(15(18,19)20)22-23(9)8-4-7-21-14(24)10-5-2-3-6-11(10)16/h2-3,5-6H,4,7-8H2,1H3,(H,21,24). The molecule has 1 aromatic heterocycles. The number of rotatable bonds is 5. The lowest BCUT2D eigenvalue weighted by Crippen LogP contribution is -2.25. The van der Waals surface area contributed by atoms with Crippen LogP contribution in [0, 0.1) is 6.92 Å². The fourth-order valence-corrected chi connectivity index (χ4v) is 2.80. The smallest absolute Gasteiger partial charge is 0.352 e. The Bertz CT molecular complexity index is 746. The van der Waals surface area contributed by atoms with Crippen molar-refractivity contribution in [1.29, 1.82) is 0 Å². The quantitative estimate of drug-likeness (QED) is 0.721. The summed E-state index contributed by atoms with van der Waals surface area (Å²) in [5, 5.41) is 5.84. The van der Waals surface area contributed by atoms with Crippen molar-refractivity contribution >= 4 is 33.4 Å². The number of nitrogens with zero attached hydrogens (tertiary/aromatic N) is 2. The van der Waals surface area contributed by atoms with E-state index in [-0.39, 0.29) is 23.2 Å². The highest BCUT2D eigenvalue weighted by atomic mass is 79.9. The molecular formula is C15H14BrClF3N3O. The largest absolute Gasteiger partial charge is 0.436 e. The second-order valence-electron chi connectivity index (χ2n) is 5.06. The van der Waals surface area contributed by atoms with Crippen LogP contribution in [0.5, 0.6) is 0 Å². The molecule has 9 heteroatoms. The van der Waals surface area contributed by atoms with E-state index in [0.717, 1.165) is 0 Å². The van der Waals surface area contributed by atoms with Crippen molar-refractivity contribution in [2.45, 2.75) is 26.1 Å². The lowest BCUT2D eigenvalue weighted by atomic mass is 10.2. The summed E-state index contributed by atoms with van der Waals surface area (Å²) in [5.41, 5.74) is -0.338. The summed E-state index contributed by atoms with van der Waals surface area (Å²) >= 11 is 8.97. The third-order valence-electron chi connectivity index (χ3n) is 3.35. The Morgan fingerprint density at radius 3 is 2.62 bits per heavy atom. The molecule has 0 unspecified atom stereocenters. The number of hydrogen-bond acceptors (Lipinski definition) is 2. The number of nitrogens with one attached hydrogen (secondary N) is 1. The third kappa shape index (κ3) is 4.30. The summed E-state index contributed by atoms with van der Waals surface area (Å²) in [5.74, 6) is -0.256. The SMILES string of the molecule is Cc1c(Cl)c(C(F)(F)F)nn1CCCNC(=O)c1ccccc1Br. The molecule has 1 aromatic carbocycles. The maximum atomic E-state index is 12.7. The van der Waals surface area contributed by atoms with Crippen LogP contribution < -0.4 is 5.32 Å². The normalized spacial score (nSPS) is 11.6. The number of carbonyl (C=O) groups is 1. The van der Waals surface area contributed by atoms with Crippen LogP contribution in [0.15, 0.2) is 28.7 Å². The Morgan fingerprint density at radius 1 is 1.38 bits per heavy atom. The number of benzene rings is 1. The molecule has 0 aliphatic heterocycles. The summed E-state index contributed by atoms with van der Waals surface area (Å²) < 4.78 is 40.1. The summed E-state index contributed by atoms with van der Waals surface area (Å²) in [6, 6.07) is 6.96. The maximum absolute atomic E-state index is 12.7. The molecule has 0 saturated carbocycles. The molecule has 2 aromatic rings. The number of aryl methyl sites for hydroxylation is 1. The highest BCUT2D eigenvalue weighted by Gasteiger charge is 2.38. The zero-order chi connectivity index (χ0) is 17.9. The average Bonchev–Trinajstić information content (AvgIpc) is 2.80. The molecule has 0 spiro atoms. The topological polar surface area (TPSA) is 46.9 Å². The van der Waals surface area contributed by atoms with Crippen LogP contribution in [-0.2, 0) is 12.7 Å². The van der Waals surface area contributed by atoms with Gasteiger partial charge in [-0.1, -0.05) is 23.7 Å². The van der Waals surface area contributed by atoms with E-state index in [1.807, 2.05) is 0 Å². The van der Waals surface area contributed by atoms with Gasteiger partial charge in [-0.2, -0.15) is 18.3 Å². The van der Waals surface area contributed by atoms with Crippen molar-refractivity contribution in [1.82, 2.24) is 15.1 Å². The van der Waals surface area contributed by atoms with Gasteiger partial charge in [0.1, 0.15) is 0 Å². The molecule has 1 amide bonds. The minimum Gasteiger partial charge on any atom is -0.352 e.